The summed E-state index contributed by atoms with van der Waals surface area (Å²) in [6.45, 7) is 1.48. The number of anilines is 1. The molecule has 2 rings (SSSR count). The normalized spacial score (nSPS) is 13.3. The fourth-order valence-corrected chi connectivity index (χ4v) is 2.76. The number of hydrogen-bond acceptors (Lipinski definition) is 6. The Kier molecular flexibility index (Phi) is 6.66. The number of nitrogen functional groups attached to an aromatic ring is 1. The quantitative estimate of drug-likeness (QED) is 0.667. The number of carbonyl (C=O) groups is 1. The SMILES string of the molecule is CC(=O)SCCC(O)C(O)c1ccc(Oc2ccc(N)cc2)cc1. The first kappa shape index (κ1) is 18.3. The van der Waals surface area contributed by atoms with E-state index in [4.69, 9.17) is 10.5 Å². The molecule has 128 valence electrons. The Bertz CT molecular complexity index is 658. The van der Waals surface area contributed by atoms with E-state index in [0.717, 1.165) is 11.8 Å². The zero-order valence-electron chi connectivity index (χ0n) is 13.4. The zero-order chi connectivity index (χ0) is 17.5. The molecule has 0 aliphatic carbocycles. The van der Waals surface area contributed by atoms with Gasteiger partial charge < -0.3 is 20.7 Å². The molecule has 5 nitrogen and oxygen atoms in total. The molecule has 0 heterocycles. The summed E-state index contributed by atoms with van der Waals surface area (Å²) in [5, 5.41) is 20.2. The highest BCUT2D eigenvalue weighted by atomic mass is 32.2. The first-order valence-electron chi connectivity index (χ1n) is 7.58. The van der Waals surface area contributed by atoms with E-state index in [0.29, 0.717) is 34.9 Å². The van der Waals surface area contributed by atoms with Crippen LogP contribution in [0.5, 0.6) is 11.5 Å². The van der Waals surface area contributed by atoms with Crippen LogP contribution in [-0.4, -0.2) is 27.2 Å². The van der Waals surface area contributed by atoms with Gasteiger partial charge in [-0.1, -0.05) is 23.9 Å². The Hall–Kier alpha value is -2.02. The lowest BCUT2D eigenvalue weighted by Crippen LogP contribution is -2.19. The Morgan fingerprint density at radius 2 is 1.62 bits per heavy atom. The second-order valence-electron chi connectivity index (χ2n) is 5.38. The molecule has 6 heteroatoms. The molecule has 0 amide bonds. The molecule has 0 saturated heterocycles. The zero-order valence-corrected chi connectivity index (χ0v) is 14.2. The van der Waals surface area contributed by atoms with E-state index >= 15 is 0 Å². The molecular formula is C18H21NO4S. The number of benzene rings is 2. The fourth-order valence-electron chi connectivity index (χ4n) is 2.11. The minimum atomic E-state index is -0.997. The van der Waals surface area contributed by atoms with Crippen LogP contribution in [-0.2, 0) is 4.79 Å². The second kappa shape index (κ2) is 8.73. The van der Waals surface area contributed by atoms with Crippen molar-refractivity contribution in [2.24, 2.45) is 0 Å². The summed E-state index contributed by atoms with van der Waals surface area (Å²) in [6, 6.07) is 13.9. The third kappa shape index (κ3) is 5.56. The molecular weight excluding hydrogens is 326 g/mol. The van der Waals surface area contributed by atoms with E-state index in [1.807, 2.05) is 0 Å². The van der Waals surface area contributed by atoms with Gasteiger partial charge in [-0.15, -0.1) is 0 Å². The van der Waals surface area contributed by atoms with E-state index in [1.54, 1.807) is 48.5 Å². The minimum absolute atomic E-state index is 0.000796. The van der Waals surface area contributed by atoms with Crippen molar-refractivity contribution in [1.29, 1.82) is 0 Å². The molecule has 0 fully saturated rings. The third-order valence-electron chi connectivity index (χ3n) is 3.42. The average Bonchev–Trinajstić information content (AvgIpc) is 2.56. The van der Waals surface area contributed by atoms with Gasteiger partial charge in [-0.05, 0) is 48.4 Å². The molecule has 0 aliphatic heterocycles. The highest BCUT2D eigenvalue weighted by molar-refractivity contribution is 8.13. The summed E-state index contributed by atoms with van der Waals surface area (Å²) in [7, 11) is 0. The van der Waals surface area contributed by atoms with Gasteiger partial charge in [-0.2, -0.15) is 0 Å². The number of thioether (sulfide) groups is 1. The van der Waals surface area contributed by atoms with Crippen LogP contribution >= 0.6 is 11.8 Å². The van der Waals surface area contributed by atoms with Crippen molar-refractivity contribution in [3.63, 3.8) is 0 Å². The van der Waals surface area contributed by atoms with Gasteiger partial charge in [0.25, 0.3) is 0 Å². The summed E-state index contributed by atoms with van der Waals surface area (Å²) in [5.41, 5.74) is 6.89. The molecule has 2 atom stereocenters. The largest absolute Gasteiger partial charge is 0.457 e. The van der Waals surface area contributed by atoms with Gasteiger partial charge in [0, 0.05) is 18.4 Å². The van der Waals surface area contributed by atoms with Crippen LogP contribution in [0.25, 0.3) is 0 Å². The Balaban J connectivity index is 1.92. The molecule has 0 radical (unpaired) electrons. The fraction of sp³-hybridized carbons (Fsp3) is 0.278. The van der Waals surface area contributed by atoms with Crippen molar-refractivity contribution in [1.82, 2.24) is 0 Å². The maximum Gasteiger partial charge on any atom is 0.185 e. The summed E-state index contributed by atoms with van der Waals surface area (Å²) in [4.78, 5) is 10.9. The van der Waals surface area contributed by atoms with Crippen LogP contribution in [0.4, 0.5) is 5.69 Å². The van der Waals surface area contributed by atoms with Gasteiger partial charge in [0.2, 0.25) is 0 Å². The number of carbonyl (C=O) groups excluding carboxylic acids is 1. The van der Waals surface area contributed by atoms with Crippen LogP contribution in [0.15, 0.2) is 48.5 Å². The second-order valence-corrected chi connectivity index (χ2v) is 6.65. The van der Waals surface area contributed by atoms with Crippen molar-refractivity contribution in [3.05, 3.63) is 54.1 Å². The molecule has 0 saturated carbocycles. The highest BCUT2D eigenvalue weighted by Gasteiger charge is 2.18. The van der Waals surface area contributed by atoms with Crippen LogP contribution < -0.4 is 10.5 Å². The molecule has 24 heavy (non-hydrogen) atoms. The van der Waals surface area contributed by atoms with Gasteiger partial charge in [0.15, 0.2) is 5.12 Å². The lowest BCUT2D eigenvalue weighted by molar-refractivity contribution is -0.109. The van der Waals surface area contributed by atoms with Crippen LogP contribution in [0, 0.1) is 0 Å². The Morgan fingerprint density at radius 1 is 1.08 bits per heavy atom. The van der Waals surface area contributed by atoms with Gasteiger partial charge >= 0.3 is 0 Å². The molecule has 2 aromatic carbocycles. The summed E-state index contributed by atoms with van der Waals surface area (Å²) in [6.07, 6.45) is -1.57. The number of rotatable bonds is 7. The van der Waals surface area contributed by atoms with Crippen LogP contribution in [0.1, 0.15) is 25.0 Å². The van der Waals surface area contributed by atoms with Crippen molar-refractivity contribution < 1.29 is 19.7 Å². The van der Waals surface area contributed by atoms with E-state index < -0.39 is 12.2 Å². The van der Waals surface area contributed by atoms with Gasteiger partial charge in [-0.3, -0.25) is 4.79 Å². The number of hydrogen-bond donors (Lipinski definition) is 3. The van der Waals surface area contributed by atoms with Gasteiger partial charge in [-0.25, -0.2) is 0 Å². The van der Waals surface area contributed by atoms with Crippen LogP contribution in [0.3, 0.4) is 0 Å². The Morgan fingerprint density at radius 3 is 2.17 bits per heavy atom. The average molecular weight is 347 g/mol. The maximum absolute atomic E-state index is 10.9. The number of aliphatic hydroxyl groups is 2. The predicted molar refractivity (Wildman–Crippen MR) is 96.1 cm³/mol. The summed E-state index contributed by atoms with van der Waals surface area (Å²) < 4.78 is 5.68. The first-order chi connectivity index (χ1) is 11.5. The van der Waals surface area contributed by atoms with Crippen molar-refractivity contribution in [3.8, 4) is 11.5 Å². The lowest BCUT2D eigenvalue weighted by atomic mass is 10.0. The van der Waals surface area contributed by atoms with Crippen molar-refractivity contribution >= 4 is 22.6 Å². The lowest BCUT2D eigenvalue weighted by Gasteiger charge is -2.18. The first-order valence-corrected chi connectivity index (χ1v) is 8.57. The standard InChI is InChI=1S/C18H21NO4S/c1-12(20)24-11-10-17(21)18(22)13-2-6-15(7-3-13)23-16-8-4-14(19)5-9-16/h2-9,17-18,21-22H,10-11,19H2,1H3. The molecule has 2 aromatic rings. The molecule has 4 N–H and O–H groups in total. The highest BCUT2D eigenvalue weighted by Crippen LogP contribution is 2.26. The monoisotopic (exact) mass is 347 g/mol. The van der Waals surface area contributed by atoms with Crippen molar-refractivity contribution in [2.45, 2.75) is 25.6 Å². The smallest absolute Gasteiger partial charge is 0.185 e. The van der Waals surface area contributed by atoms with E-state index in [1.165, 1.54) is 6.92 Å². The minimum Gasteiger partial charge on any atom is -0.457 e. The van der Waals surface area contributed by atoms with Crippen molar-refractivity contribution in [2.75, 3.05) is 11.5 Å². The van der Waals surface area contributed by atoms with Crippen LogP contribution in [0.2, 0.25) is 0 Å². The molecule has 2 unspecified atom stereocenters. The van der Waals surface area contributed by atoms with E-state index in [9.17, 15) is 15.0 Å². The molecule has 0 bridgehead atoms. The third-order valence-corrected chi connectivity index (χ3v) is 4.27. The van der Waals surface area contributed by atoms with Gasteiger partial charge in [0.1, 0.15) is 17.6 Å². The summed E-state index contributed by atoms with van der Waals surface area (Å²) in [5.74, 6) is 1.77. The molecule has 0 spiro atoms. The molecule has 0 aliphatic rings. The molecule has 0 aromatic heterocycles. The maximum atomic E-state index is 10.9. The number of aliphatic hydroxyl groups excluding tert-OH is 2. The Labute approximate surface area is 145 Å². The van der Waals surface area contributed by atoms with E-state index in [-0.39, 0.29) is 5.12 Å². The van der Waals surface area contributed by atoms with Gasteiger partial charge in [0.05, 0.1) is 6.10 Å². The number of nitrogens with two attached hydrogens (primary N) is 1. The topological polar surface area (TPSA) is 92.8 Å². The number of ether oxygens (including phenoxy) is 1. The predicted octanol–water partition coefficient (Wildman–Crippen LogP) is 3.13. The summed E-state index contributed by atoms with van der Waals surface area (Å²) >= 11 is 1.14. The van der Waals surface area contributed by atoms with E-state index in [2.05, 4.69) is 0 Å².